The molecule has 0 aliphatic heterocycles. The smallest absolute Gasteiger partial charge is 0.124 e. The van der Waals surface area contributed by atoms with E-state index in [-0.39, 0.29) is 0 Å². The van der Waals surface area contributed by atoms with Crippen LogP contribution in [0.4, 0.5) is 17.1 Å². The van der Waals surface area contributed by atoms with Crippen LogP contribution < -0.4 is 4.90 Å². The fraction of sp³-hybridized carbons (Fsp3) is 0.0577. The molecule has 0 aliphatic rings. The van der Waals surface area contributed by atoms with E-state index in [0.29, 0.717) is 0 Å². The Balaban J connectivity index is 1.10. The van der Waals surface area contributed by atoms with Gasteiger partial charge in [0, 0.05) is 33.8 Å². The lowest BCUT2D eigenvalue weighted by molar-refractivity contribution is 1.28. The Morgan fingerprint density at radius 2 is 0.891 bits per heavy atom. The van der Waals surface area contributed by atoms with Crippen molar-refractivity contribution in [3.63, 3.8) is 0 Å². The summed E-state index contributed by atoms with van der Waals surface area (Å²) in [7, 11) is 0. The van der Waals surface area contributed by atoms with Crippen LogP contribution in [0.25, 0.3) is 65.3 Å². The number of rotatable bonds is 8. The molecular weight excluding hydrogens is 685 g/mol. The Bertz CT molecular complexity index is 2710. The molecule has 0 aliphatic carbocycles. The Morgan fingerprint density at radius 3 is 1.56 bits per heavy atom. The van der Waals surface area contributed by atoms with E-state index in [1.165, 1.54) is 54.8 Å². The second-order valence-corrected chi connectivity index (χ2v) is 15.2. The number of aryl methyl sites for hydroxylation is 3. The quantitative estimate of drug-likeness (QED) is 0.155. The highest BCUT2D eigenvalue weighted by atomic mass is 32.1. The minimum absolute atomic E-state index is 1.02. The summed E-state index contributed by atoms with van der Waals surface area (Å²) in [5, 5.41) is 1.02. The Hall–Kier alpha value is -6.55. The van der Waals surface area contributed by atoms with Crippen molar-refractivity contribution in [2.24, 2.45) is 0 Å². The minimum atomic E-state index is 1.02. The molecule has 0 radical (unpaired) electrons. The third kappa shape index (κ3) is 6.76. The van der Waals surface area contributed by atoms with Gasteiger partial charge in [-0.1, -0.05) is 151 Å². The molecule has 1 heterocycles. The first-order chi connectivity index (χ1) is 27.0. The zero-order chi connectivity index (χ0) is 37.3. The van der Waals surface area contributed by atoms with Crippen molar-refractivity contribution in [2.45, 2.75) is 20.8 Å². The summed E-state index contributed by atoms with van der Waals surface area (Å²) in [6.07, 6.45) is 0. The first-order valence-electron chi connectivity index (χ1n) is 18.8. The van der Waals surface area contributed by atoms with E-state index in [9.17, 15) is 0 Å². The lowest BCUT2D eigenvalue weighted by Gasteiger charge is -2.25. The van der Waals surface area contributed by atoms with E-state index in [1.807, 2.05) is 0 Å². The van der Waals surface area contributed by atoms with Gasteiger partial charge >= 0.3 is 0 Å². The molecule has 0 spiro atoms. The molecule has 0 N–H and O–H groups in total. The predicted molar refractivity (Wildman–Crippen MR) is 236 cm³/mol. The number of thiazole rings is 1. The van der Waals surface area contributed by atoms with Gasteiger partial charge in [0.1, 0.15) is 5.01 Å². The van der Waals surface area contributed by atoms with Gasteiger partial charge in [-0.2, -0.15) is 0 Å². The normalized spacial score (nSPS) is 11.2. The summed E-state index contributed by atoms with van der Waals surface area (Å²) in [5.41, 5.74) is 19.0. The zero-order valence-corrected chi connectivity index (χ0v) is 32.0. The summed E-state index contributed by atoms with van der Waals surface area (Å²) in [6.45, 7) is 6.52. The van der Waals surface area contributed by atoms with Crippen LogP contribution >= 0.6 is 11.3 Å². The molecule has 264 valence electrons. The predicted octanol–water partition coefficient (Wildman–Crippen LogP) is 15.0. The number of anilines is 3. The average molecular weight is 725 g/mol. The molecule has 0 bridgehead atoms. The van der Waals surface area contributed by atoms with E-state index < -0.39 is 0 Å². The lowest BCUT2D eigenvalue weighted by Crippen LogP contribution is -2.09. The SMILES string of the molecule is Cc1ccc(-c2ccc(-c3ccc(N(c4ccccc4)c4ccccc4)cc3)c3nc(-c4ccc(-c5ccc(C)c(-c6ccccc6C)c5)cc4)sc23)cc1. The van der Waals surface area contributed by atoms with E-state index in [1.54, 1.807) is 11.3 Å². The van der Waals surface area contributed by atoms with Crippen LogP contribution in [0.2, 0.25) is 0 Å². The highest BCUT2D eigenvalue weighted by molar-refractivity contribution is 7.22. The monoisotopic (exact) mass is 724 g/mol. The summed E-state index contributed by atoms with van der Waals surface area (Å²) >= 11 is 1.77. The number of fused-ring (bicyclic) bond motifs is 1. The molecule has 1 aromatic heterocycles. The standard InChI is InChI=1S/C52H40N2S/c1-35-18-21-40(22-19-35)48-33-32-47(39-28-30-45(31-29-39)54(43-13-6-4-7-14-43)44-15-8-5-9-16-44)50-51(48)55-52(53-50)41-26-24-38(25-27-41)42-23-20-37(3)49(34-42)46-17-11-10-12-36(46)2/h4-34H,1-3H3. The number of para-hydroxylation sites is 2. The molecule has 0 atom stereocenters. The molecule has 0 fully saturated rings. The van der Waals surface area contributed by atoms with Gasteiger partial charge in [-0.3, -0.25) is 0 Å². The largest absolute Gasteiger partial charge is 0.311 e. The van der Waals surface area contributed by atoms with E-state index in [4.69, 9.17) is 4.98 Å². The zero-order valence-electron chi connectivity index (χ0n) is 31.2. The topological polar surface area (TPSA) is 16.1 Å². The van der Waals surface area contributed by atoms with E-state index in [2.05, 4.69) is 214 Å². The van der Waals surface area contributed by atoms with Crippen LogP contribution in [0.3, 0.4) is 0 Å². The molecule has 0 saturated heterocycles. The molecule has 3 heteroatoms. The number of benzene rings is 8. The van der Waals surface area contributed by atoms with Crippen LogP contribution in [0.1, 0.15) is 16.7 Å². The van der Waals surface area contributed by atoms with Crippen molar-refractivity contribution in [1.82, 2.24) is 4.98 Å². The van der Waals surface area contributed by atoms with Crippen molar-refractivity contribution in [3.05, 3.63) is 205 Å². The average Bonchev–Trinajstić information content (AvgIpc) is 3.69. The Kier molecular flexibility index (Phi) is 9.15. The van der Waals surface area contributed by atoms with Crippen LogP contribution in [0.5, 0.6) is 0 Å². The second kappa shape index (κ2) is 14.7. The van der Waals surface area contributed by atoms with Crippen molar-refractivity contribution in [3.8, 4) is 55.1 Å². The van der Waals surface area contributed by atoms with E-state index >= 15 is 0 Å². The van der Waals surface area contributed by atoms with Crippen LogP contribution in [0, 0.1) is 20.8 Å². The lowest BCUT2D eigenvalue weighted by atomic mass is 9.93. The van der Waals surface area contributed by atoms with Crippen molar-refractivity contribution in [1.29, 1.82) is 0 Å². The van der Waals surface area contributed by atoms with Crippen LogP contribution in [0.15, 0.2) is 188 Å². The van der Waals surface area contributed by atoms with Crippen LogP contribution in [-0.2, 0) is 0 Å². The summed E-state index contributed by atoms with van der Waals surface area (Å²) in [4.78, 5) is 7.70. The highest BCUT2D eigenvalue weighted by Gasteiger charge is 2.18. The number of hydrogen-bond acceptors (Lipinski definition) is 3. The van der Waals surface area contributed by atoms with Gasteiger partial charge in [0.15, 0.2) is 0 Å². The molecule has 0 saturated carbocycles. The number of nitrogens with zero attached hydrogens (tertiary/aromatic N) is 2. The van der Waals surface area contributed by atoms with Gasteiger partial charge in [-0.15, -0.1) is 11.3 Å². The fourth-order valence-electron chi connectivity index (χ4n) is 7.49. The van der Waals surface area contributed by atoms with Gasteiger partial charge < -0.3 is 4.90 Å². The molecule has 9 aromatic rings. The van der Waals surface area contributed by atoms with Gasteiger partial charge in [0.25, 0.3) is 0 Å². The highest BCUT2D eigenvalue weighted by Crippen LogP contribution is 2.43. The number of hydrogen-bond donors (Lipinski definition) is 0. The minimum Gasteiger partial charge on any atom is -0.311 e. The van der Waals surface area contributed by atoms with Crippen molar-refractivity contribution >= 4 is 38.6 Å². The van der Waals surface area contributed by atoms with Crippen LogP contribution in [-0.4, -0.2) is 4.98 Å². The van der Waals surface area contributed by atoms with Gasteiger partial charge in [0.05, 0.1) is 10.2 Å². The first-order valence-corrected chi connectivity index (χ1v) is 19.6. The second-order valence-electron chi connectivity index (χ2n) is 14.2. The van der Waals surface area contributed by atoms with Gasteiger partial charge in [0.2, 0.25) is 0 Å². The third-order valence-corrected chi connectivity index (χ3v) is 11.6. The Morgan fingerprint density at radius 1 is 0.382 bits per heavy atom. The maximum Gasteiger partial charge on any atom is 0.124 e. The molecule has 0 amide bonds. The summed E-state index contributed by atoms with van der Waals surface area (Å²) in [5.74, 6) is 0. The molecule has 55 heavy (non-hydrogen) atoms. The van der Waals surface area contributed by atoms with Crippen molar-refractivity contribution in [2.75, 3.05) is 4.90 Å². The van der Waals surface area contributed by atoms with Gasteiger partial charge in [-0.05, 0) is 108 Å². The molecule has 8 aromatic carbocycles. The Labute approximate surface area is 327 Å². The summed E-state index contributed by atoms with van der Waals surface area (Å²) < 4.78 is 1.20. The maximum absolute atomic E-state index is 5.40. The molecular formula is C52H40N2S. The fourth-order valence-corrected chi connectivity index (χ4v) is 8.62. The molecule has 0 unspecified atom stereocenters. The third-order valence-electron chi connectivity index (χ3n) is 10.5. The van der Waals surface area contributed by atoms with Gasteiger partial charge in [-0.25, -0.2) is 4.98 Å². The van der Waals surface area contributed by atoms with E-state index in [0.717, 1.165) is 44.3 Å². The molecule has 9 rings (SSSR count). The van der Waals surface area contributed by atoms with Crippen molar-refractivity contribution < 1.29 is 0 Å². The molecule has 2 nitrogen and oxygen atoms in total. The summed E-state index contributed by atoms with van der Waals surface area (Å²) in [6, 6.07) is 67.7. The maximum atomic E-state index is 5.40. The number of aromatic nitrogens is 1. The first kappa shape index (κ1) is 34.2.